The van der Waals surface area contributed by atoms with Gasteiger partial charge in [-0.05, 0) is 30.3 Å². The van der Waals surface area contributed by atoms with Gasteiger partial charge in [0.2, 0.25) is 0 Å². The second-order valence-corrected chi connectivity index (χ2v) is 5.60. The Morgan fingerprint density at radius 2 is 2.00 bits per heavy atom. The van der Waals surface area contributed by atoms with Crippen LogP contribution in [0.4, 0.5) is 4.39 Å². The average molecular weight is 348 g/mol. The summed E-state index contributed by atoms with van der Waals surface area (Å²) in [4.78, 5) is 21.0. The van der Waals surface area contributed by atoms with Crippen molar-refractivity contribution >= 4 is 11.0 Å². The molecule has 0 unspecified atom stereocenters. The number of benzene rings is 1. The molecule has 0 aliphatic carbocycles. The van der Waals surface area contributed by atoms with E-state index < -0.39 is 5.82 Å². The number of aromatic nitrogens is 2. The van der Waals surface area contributed by atoms with Crippen molar-refractivity contribution < 1.29 is 13.5 Å². The molecule has 6 heteroatoms. The largest absolute Gasteiger partial charge is 0.496 e. The number of fused-ring (bicyclic) bond motifs is 1. The summed E-state index contributed by atoms with van der Waals surface area (Å²) in [5.41, 5.74) is 1.72. The van der Waals surface area contributed by atoms with Gasteiger partial charge in [0.15, 0.2) is 11.0 Å². The Morgan fingerprint density at radius 3 is 2.77 bits per heavy atom. The number of ether oxygens (including phenoxy) is 1. The summed E-state index contributed by atoms with van der Waals surface area (Å²) in [6.07, 6.45) is 4.76. The van der Waals surface area contributed by atoms with Crippen LogP contribution in [-0.2, 0) is 0 Å². The van der Waals surface area contributed by atoms with Crippen LogP contribution in [0.15, 0.2) is 70.3 Å². The predicted molar refractivity (Wildman–Crippen MR) is 95.5 cm³/mol. The van der Waals surface area contributed by atoms with Crippen molar-refractivity contribution in [1.82, 2.24) is 9.97 Å². The second kappa shape index (κ2) is 6.40. The minimum absolute atomic E-state index is 0.199. The quantitative estimate of drug-likeness (QED) is 0.558. The van der Waals surface area contributed by atoms with Crippen molar-refractivity contribution in [2.75, 3.05) is 7.11 Å². The molecular weight excluding hydrogens is 335 g/mol. The van der Waals surface area contributed by atoms with Crippen molar-refractivity contribution in [2.24, 2.45) is 0 Å². The lowest BCUT2D eigenvalue weighted by Crippen LogP contribution is -2.02. The van der Waals surface area contributed by atoms with Crippen molar-refractivity contribution in [2.45, 2.75) is 0 Å². The van der Waals surface area contributed by atoms with Crippen molar-refractivity contribution in [3.63, 3.8) is 0 Å². The molecule has 0 N–H and O–H groups in total. The van der Waals surface area contributed by atoms with Gasteiger partial charge in [0, 0.05) is 41.9 Å². The van der Waals surface area contributed by atoms with E-state index in [0.29, 0.717) is 39.3 Å². The van der Waals surface area contributed by atoms with Crippen LogP contribution in [0.2, 0.25) is 0 Å². The SMILES string of the molecule is COc1cc(F)ccc1-c1nccc2c(=O)cc(-c3cccnc3)oc12. The molecule has 0 aliphatic heterocycles. The summed E-state index contributed by atoms with van der Waals surface area (Å²) < 4.78 is 24.8. The number of halogens is 1. The first-order chi connectivity index (χ1) is 12.7. The minimum Gasteiger partial charge on any atom is -0.496 e. The van der Waals surface area contributed by atoms with Crippen LogP contribution in [0.5, 0.6) is 5.75 Å². The lowest BCUT2D eigenvalue weighted by atomic mass is 10.1. The van der Waals surface area contributed by atoms with E-state index in [0.717, 1.165) is 0 Å². The zero-order chi connectivity index (χ0) is 18.1. The Bertz CT molecular complexity index is 1160. The molecule has 4 rings (SSSR count). The fraction of sp³-hybridized carbons (Fsp3) is 0.0500. The van der Waals surface area contributed by atoms with E-state index in [4.69, 9.17) is 9.15 Å². The molecule has 0 bridgehead atoms. The maximum Gasteiger partial charge on any atom is 0.193 e. The summed E-state index contributed by atoms with van der Waals surface area (Å²) in [6, 6.07) is 10.7. The lowest BCUT2D eigenvalue weighted by Gasteiger charge is -2.10. The monoisotopic (exact) mass is 348 g/mol. The number of methoxy groups -OCH3 is 1. The van der Waals surface area contributed by atoms with E-state index in [2.05, 4.69) is 9.97 Å². The Labute approximate surface area is 147 Å². The second-order valence-electron chi connectivity index (χ2n) is 5.60. The number of pyridine rings is 2. The van der Waals surface area contributed by atoms with Gasteiger partial charge < -0.3 is 9.15 Å². The summed E-state index contributed by atoms with van der Waals surface area (Å²) in [5.74, 6) is 0.258. The van der Waals surface area contributed by atoms with Crippen molar-refractivity contribution in [3.05, 3.63) is 77.1 Å². The first kappa shape index (κ1) is 16.0. The number of hydrogen-bond acceptors (Lipinski definition) is 5. The molecule has 3 aromatic heterocycles. The van der Waals surface area contributed by atoms with Gasteiger partial charge in [-0.3, -0.25) is 14.8 Å². The molecule has 0 aliphatic rings. The maximum absolute atomic E-state index is 13.5. The van der Waals surface area contributed by atoms with Gasteiger partial charge in [0.05, 0.1) is 12.5 Å². The van der Waals surface area contributed by atoms with Crippen LogP contribution in [0.25, 0.3) is 33.6 Å². The van der Waals surface area contributed by atoms with Gasteiger partial charge in [-0.25, -0.2) is 4.39 Å². The van der Waals surface area contributed by atoms with E-state index in [-0.39, 0.29) is 5.43 Å². The topological polar surface area (TPSA) is 65.2 Å². The van der Waals surface area contributed by atoms with Gasteiger partial charge in [0.1, 0.15) is 23.0 Å². The zero-order valence-electron chi connectivity index (χ0n) is 13.8. The van der Waals surface area contributed by atoms with Gasteiger partial charge in [-0.2, -0.15) is 0 Å². The highest BCUT2D eigenvalue weighted by atomic mass is 19.1. The number of nitrogens with zero attached hydrogens (tertiary/aromatic N) is 2. The van der Waals surface area contributed by atoms with Gasteiger partial charge >= 0.3 is 0 Å². The van der Waals surface area contributed by atoms with E-state index in [9.17, 15) is 9.18 Å². The Morgan fingerprint density at radius 1 is 1.12 bits per heavy atom. The fourth-order valence-corrected chi connectivity index (χ4v) is 2.79. The summed E-state index contributed by atoms with van der Waals surface area (Å²) in [6.45, 7) is 0. The van der Waals surface area contributed by atoms with Crippen LogP contribution in [-0.4, -0.2) is 17.1 Å². The van der Waals surface area contributed by atoms with Gasteiger partial charge in [0.25, 0.3) is 0 Å². The Balaban J connectivity index is 2.03. The molecular formula is C20H13FN2O3. The first-order valence-electron chi connectivity index (χ1n) is 7.84. The molecule has 0 fully saturated rings. The average Bonchev–Trinajstić information content (AvgIpc) is 2.68. The number of hydrogen-bond donors (Lipinski definition) is 0. The molecule has 0 saturated carbocycles. The molecule has 128 valence electrons. The predicted octanol–water partition coefficient (Wildman–Crippen LogP) is 4.06. The highest BCUT2D eigenvalue weighted by Gasteiger charge is 2.16. The minimum atomic E-state index is -0.427. The molecule has 1 aromatic carbocycles. The summed E-state index contributed by atoms with van der Waals surface area (Å²) >= 11 is 0. The third-order valence-corrected chi connectivity index (χ3v) is 4.01. The van der Waals surface area contributed by atoms with Crippen LogP contribution in [0, 0.1) is 5.82 Å². The first-order valence-corrected chi connectivity index (χ1v) is 7.84. The Kier molecular flexibility index (Phi) is 3.93. The van der Waals surface area contributed by atoms with E-state index >= 15 is 0 Å². The van der Waals surface area contributed by atoms with Crippen LogP contribution in [0.1, 0.15) is 0 Å². The Hall–Kier alpha value is -3.54. The molecule has 0 saturated heterocycles. The van der Waals surface area contributed by atoms with Gasteiger partial charge in [-0.1, -0.05) is 0 Å². The molecule has 0 amide bonds. The molecule has 0 atom stereocenters. The molecule has 4 aromatic rings. The van der Waals surface area contributed by atoms with E-state index in [1.165, 1.54) is 31.5 Å². The lowest BCUT2D eigenvalue weighted by molar-refractivity contribution is 0.413. The number of rotatable bonds is 3. The molecule has 3 heterocycles. The van der Waals surface area contributed by atoms with Crippen molar-refractivity contribution in [1.29, 1.82) is 0 Å². The third-order valence-electron chi connectivity index (χ3n) is 4.01. The smallest absolute Gasteiger partial charge is 0.193 e. The van der Waals surface area contributed by atoms with E-state index in [1.807, 2.05) is 0 Å². The van der Waals surface area contributed by atoms with Crippen molar-refractivity contribution in [3.8, 4) is 28.3 Å². The molecule has 0 spiro atoms. The van der Waals surface area contributed by atoms with Gasteiger partial charge in [-0.15, -0.1) is 0 Å². The third kappa shape index (κ3) is 2.71. The highest BCUT2D eigenvalue weighted by molar-refractivity contribution is 5.92. The van der Waals surface area contributed by atoms with Crippen LogP contribution >= 0.6 is 0 Å². The molecule has 5 nitrogen and oxygen atoms in total. The summed E-state index contributed by atoms with van der Waals surface area (Å²) in [7, 11) is 1.45. The van der Waals surface area contributed by atoms with Crippen LogP contribution < -0.4 is 10.2 Å². The fourth-order valence-electron chi connectivity index (χ4n) is 2.79. The summed E-state index contributed by atoms with van der Waals surface area (Å²) in [5, 5.41) is 0.383. The normalized spacial score (nSPS) is 10.8. The molecule has 0 radical (unpaired) electrons. The highest BCUT2D eigenvalue weighted by Crippen LogP contribution is 2.34. The standard InChI is InChI=1S/C20H13FN2O3/c1-25-18-9-13(21)4-5-15(18)19-20-14(6-8-23-19)16(24)10-17(26-20)12-3-2-7-22-11-12/h2-11H,1H3. The maximum atomic E-state index is 13.5. The van der Waals surface area contributed by atoms with E-state index in [1.54, 1.807) is 36.7 Å². The van der Waals surface area contributed by atoms with Crippen LogP contribution in [0.3, 0.4) is 0 Å². The zero-order valence-corrected chi connectivity index (χ0v) is 13.8. The molecule has 26 heavy (non-hydrogen) atoms.